The molecule has 0 fully saturated rings. The van der Waals surface area contributed by atoms with Crippen LogP contribution in [-0.2, 0) is 6.54 Å². The van der Waals surface area contributed by atoms with E-state index in [0.29, 0.717) is 11.5 Å². The van der Waals surface area contributed by atoms with Gasteiger partial charge in [-0.3, -0.25) is 4.79 Å². The number of amides is 1. The van der Waals surface area contributed by atoms with E-state index in [4.69, 9.17) is 16.1 Å². The van der Waals surface area contributed by atoms with Gasteiger partial charge >= 0.3 is 0 Å². The normalized spacial score (nSPS) is 10.6. The summed E-state index contributed by atoms with van der Waals surface area (Å²) in [5.74, 6) is -0.269. The van der Waals surface area contributed by atoms with E-state index in [1.54, 1.807) is 6.07 Å². The minimum Gasteiger partial charge on any atom is -0.356 e. The number of nitrogens with zero attached hydrogens (tertiary/aromatic N) is 1. The second-order valence-electron chi connectivity index (χ2n) is 5.36. The third-order valence-corrected chi connectivity index (χ3v) is 3.81. The number of nitrogens with one attached hydrogen (secondary N) is 1. The second-order valence-corrected chi connectivity index (χ2v) is 5.76. The van der Waals surface area contributed by atoms with Crippen molar-refractivity contribution < 1.29 is 13.7 Å². The Morgan fingerprint density at radius 3 is 2.67 bits per heavy atom. The zero-order valence-electron chi connectivity index (χ0n) is 12.8. The van der Waals surface area contributed by atoms with Crippen LogP contribution in [-0.4, -0.2) is 11.1 Å². The zero-order valence-corrected chi connectivity index (χ0v) is 13.6. The van der Waals surface area contributed by atoms with Gasteiger partial charge in [0.15, 0.2) is 5.76 Å². The van der Waals surface area contributed by atoms with Crippen LogP contribution < -0.4 is 5.32 Å². The lowest BCUT2D eigenvalue weighted by Crippen LogP contribution is -2.23. The number of carbonyl (C=O) groups is 1. The first-order valence-corrected chi connectivity index (χ1v) is 7.66. The molecule has 0 spiro atoms. The molecule has 0 atom stereocenters. The van der Waals surface area contributed by atoms with Crippen molar-refractivity contribution in [3.8, 4) is 11.3 Å². The van der Waals surface area contributed by atoms with Crippen LogP contribution in [0.15, 0.2) is 53.1 Å². The Labute approximate surface area is 143 Å². The van der Waals surface area contributed by atoms with E-state index in [0.717, 1.165) is 17.2 Å². The van der Waals surface area contributed by atoms with Gasteiger partial charge in [0.2, 0.25) is 0 Å². The molecule has 0 aliphatic rings. The van der Waals surface area contributed by atoms with E-state index in [-0.39, 0.29) is 17.1 Å². The lowest BCUT2D eigenvalue weighted by molar-refractivity contribution is 0.0950. The number of aromatic nitrogens is 1. The fourth-order valence-electron chi connectivity index (χ4n) is 2.19. The van der Waals surface area contributed by atoms with Crippen molar-refractivity contribution in [2.45, 2.75) is 13.5 Å². The molecule has 24 heavy (non-hydrogen) atoms. The summed E-state index contributed by atoms with van der Waals surface area (Å²) in [4.78, 5) is 12.1. The molecule has 122 valence electrons. The van der Waals surface area contributed by atoms with E-state index in [1.807, 2.05) is 31.2 Å². The maximum atomic E-state index is 13.0. The van der Waals surface area contributed by atoms with Gasteiger partial charge in [0.1, 0.15) is 11.5 Å². The highest BCUT2D eigenvalue weighted by Gasteiger charge is 2.12. The molecule has 1 N–H and O–H groups in total. The van der Waals surface area contributed by atoms with Crippen molar-refractivity contribution >= 4 is 17.5 Å². The Hall–Kier alpha value is -2.66. The lowest BCUT2D eigenvalue weighted by Gasteiger charge is -2.04. The number of carbonyl (C=O) groups excluding carboxylic acids is 1. The summed E-state index contributed by atoms with van der Waals surface area (Å²) in [6.45, 7) is 2.19. The summed E-state index contributed by atoms with van der Waals surface area (Å²) in [5, 5.41) is 6.68. The van der Waals surface area contributed by atoms with Crippen LogP contribution in [0.5, 0.6) is 0 Å². The average molecular weight is 345 g/mol. The molecule has 2 aromatic carbocycles. The molecule has 1 heterocycles. The molecular formula is C18H14ClFN2O2. The summed E-state index contributed by atoms with van der Waals surface area (Å²) in [6.07, 6.45) is 0. The number of aryl methyl sites for hydroxylation is 1. The van der Waals surface area contributed by atoms with Crippen LogP contribution in [0.4, 0.5) is 4.39 Å². The Balaban J connectivity index is 1.67. The molecule has 1 aromatic heterocycles. The van der Waals surface area contributed by atoms with Crippen molar-refractivity contribution in [3.63, 3.8) is 0 Å². The van der Waals surface area contributed by atoms with Crippen molar-refractivity contribution in [1.29, 1.82) is 0 Å². The summed E-state index contributed by atoms with van der Waals surface area (Å²) in [5.41, 5.74) is 2.85. The smallest absolute Gasteiger partial charge is 0.253 e. The van der Waals surface area contributed by atoms with Crippen LogP contribution in [0.25, 0.3) is 11.3 Å². The summed E-state index contributed by atoms with van der Waals surface area (Å²) in [7, 11) is 0. The summed E-state index contributed by atoms with van der Waals surface area (Å²) in [6, 6.07) is 13.2. The van der Waals surface area contributed by atoms with E-state index in [2.05, 4.69) is 10.5 Å². The molecule has 0 aliphatic heterocycles. The molecule has 0 bridgehead atoms. The maximum absolute atomic E-state index is 13.0. The molecule has 6 heteroatoms. The van der Waals surface area contributed by atoms with Crippen molar-refractivity contribution in [1.82, 2.24) is 10.5 Å². The third kappa shape index (κ3) is 3.63. The Kier molecular flexibility index (Phi) is 4.62. The predicted molar refractivity (Wildman–Crippen MR) is 89.3 cm³/mol. The van der Waals surface area contributed by atoms with Gasteiger partial charge in [-0.1, -0.05) is 46.6 Å². The van der Waals surface area contributed by atoms with Crippen LogP contribution >= 0.6 is 11.6 Å². The van der Waals surface area contributed by atoms with Gasteiger partial charge in [0, 0.05) is 11.6 Å². The monoisotopic (exact) mass is 344 g/mol. The first-order valence-electron chi connectivity index (χ1n) is 7.29. The highest BCUT2D eigenvalue weighted by Crippen LogP contribution is 2.21. The fraction of sp³-hybridized carbons (Fsp3) is 0.111. The van der Waals surface area contributed by atoms with Gasteiger partial charge in [-0.25, -0.2) is 4.39 Å². The molecule has 3 aromatic rings. The standard InChI is InChI=1S/C18H14ClFN2O2/c1-11-2-4-12(5-3-11)17-9-14(22-24-17)10-21-18(23)15-7-6-13(20)8-16(15)19/h2-9H,10H2,1H3,(H,21,23). The number of halogens is 2. The number of rotatable bonds is 4. The van der Waals surface area contributed by atoms with Crippen LogP contribution in [0.3, 0.4) is 0 Å². The Morgan fingerprint density at radius 1 is 1.21 bits per heavy atom. The number of benzene rings is 2. The quantitative estimate of drug-likeness (QED) is 0.764. The molecule has 0 saturated carbocycles. The van der Waals surface area contributed by atoms with Gasteiger partial charge in [0.25, 0.3) is 5.91 Å². The average Bonchev–Trinajstić information content (AvgIpc) is 3.02. The minimum atomic E-state index is -0.490. The van der Waals surface area contributed by atoms with Crippen molar-refractivity contribution in [2.24, 2.45) is 0 Å². The third-order valence-electron chi connectivity index (χ3n) is 3.50. The molecule has 1 amide bonds. The number of hydrogen-bond donors (Lipinski definition) is 1. The Morgan fingerprint density at radius 2 is 1.96 bits per heavy atom. The van der Waals surface area contributed by atoms with E-state index >= 15 is 0 Å². The molecule has 0 saturated heterocycles. The number of hydrogen-bond acceptors (Lipinski definition) is 3. The first-order chi connectivity index (χ1) is 11.5. The van der Waals surface area contributed by atoms with Crippen molar-refractivity contribution in [3.05, 3.63) is 76.2 Å². The molecule has 0 unspecified atom stereocenters. The van der Waals surface area contributed by atoms with Crippen molar-refractivity contribution in [2.75, 3.05) is 0 Å². The predicted octanol–water partition coefficient (Wildman–Crippen LogP) is 4.37. The minimum absolute atomic E-state index is 0.0630. The van der Waals surface area contributed by atoms with Crippen LogP contribution in [0.2, 0.25) is 5.02 Å². The maximum Gasteiger partial charge on any atom is 0.253 e. The topological polar surface area (TPSA) is 55.1 Å². The SMILES string of the molecule is Cc1ccc(-c2cc(CNC(=O)c3ccc(F)cc3Cl)no2)cc1. The second kappa shape index (κ2) is 6.84. The van der Waals surface area contributed by atoms with Gasteiger partial charge in [-0.05, 0) is 25.1 Å². The fourth-order valence-corrected chi connectivity index (χ4v) is 2.44. The van der Waals surface area contributed by atoms with E-state index in [1.165, 1.54) is 12.1 Å². The van der Waals surface area contributed by atoms with Crippen LogP contribution in [0.1, 0.15) is 21.6 Å². The molecular weight excluding hydrogens is 331 g/mol. The van der Waals surface area contributed by atoms with E-state index in [9.17, 15) is 9.18 Å². The molecule has 3 rings (SSSR count). The summed E-state index contributed by atoms with van der Waals surface area (Å²) >= 11 is 5.87. The molecule has 0 aliphatic carbocycles. The van der Waals surface area contributed by atoms with Gasteiger partial charge in [0.05, 0.1) is 17.1 Å². The van der Waals surface area contributed by atoms with Gasteiger partial charge < -0.3 is 9.84 Å². The highest BCUT2D eigenvalue weighted by atomic mass is 35.5. The molecule has 0 radical (unpaired) electrons. The molecule has 4 nitrogen and oxygen atoms in total. The zero-order chi connectivity index (χ0) is 17.1. The lowest BCUT2D eigenvalue weighted by atomic mass is 10.1. The van der Waals surface area contributed by atoms with E-state index < -0.39 is 11.7 Å². The highest BCUT2D eigenvalue weighted by molar-refractivity contribution is 6.33. The van der Waals surface area contributed by atoms with Crippen LogP contribution in [0, 0.1) is 12.7 Å². The first kappa shape index (κ1) is 16.2. The van der Waals surface area contributed by atoms with Gasteiger partial charge in [-0.2, -0.15) is 0 Å². The van der Waals surface area contributed by atoms with Gasteiger partial charge in [-0.15, -0.1) is 0 Å². The Bertz CT molecular complexity index is 875. The summed E-state index contributed by atoms with van der Waals surface area (Å²) < 4.78 is 18.3. The largest absolute Gasteiger partial charge is 0.356 e.